The van der Waals surface area contributed by atoms with Crippen LogP contribution in [0.2, 0.25) is 0 Å². The minimum atomic E-state index is 0.0283. The lowest BCUT2D eigenvalue weighted by Crippen LogP contribution is -2.21. The number of nitrogens with one attached hydrogen (secondary N) is 2. The monoisotopic (exact) mass is 345 g/mol. The summed E-state index contributed by atoms with van der Waals surface area (Å²) in [6, 6.07) is 7.73. The van der Waals surface area contributed by atoms with Crippen molar-refractivity contribution in [1.29, 1.82) is 0 Å². The van der Waals surface area contributed by atoms with E-state index in [0.29, 0.717) is 5.82 Å². The van der Waals surface area contributed by atoms with Crippen LogP contribution in [0.4, 0.5) is 5.82 Å². The van der Waals surface area contributed by atoms with Crippen LogP contribution in [0.15, 0.2) is 24.3 Å². The quantitative estimate of drug-likeness (QED) is 0.728. The van der Waals surface area contributed by atoms with Gasteiger partial charge in [-0.1, -0.05) is 13.8 Å². The Morgan fingerprint density at radius 1 is 1.08 bits per heavy atom. The standard InChI is InChI=1S/C19H27N3O3/c1-5-14(6-2)19(23)20-18-11-15(21-22-18)8-7-13-9-16(24-3)12-17(10-13)25-4/h9-12,14H,5-8H2,1-4H3,(H2,20,21,22,23). The number of aromatic amines is 1. The summed E-state index contributed by atoms with van der Waals surface area (Å²) < 4.78 is 10.6. The summed E-state index contributed by atoms with van der Waals surface area (Å²) in [6.07, 6.45) is 3.26. The number of hydrogen-bond acceptors (Lipinski definition) is 4. The number of carbonyl (C=O) groups is 1. The van der Waals surface area contributed by atoms with Crippen molar-refractivity contribution in [1.82, 2.24) is 10.2 Å². The fourth-order valence-corrected chi connectivity index (χ4v) is 2.73. The molecule has 0 unspecified atom stereocenters. The highest BCUT2D eigenvalue weighted by atomic mass is 16.5. The third-order valence-corrected chi connectivity index (χ3v) is 4.33. The van der Waals surface area contributed by atoms with E-state index in [9.17, 15) is 4.79 Å². The maximum absolute atomic E-state index is 12.1. The van der Waals surface area contributed by atoms with Gasteiger partial charge >= 0.3 is 0 Å². The average Bonchev–Trinajstić information content (AvgIpc) is 3.08. The smallest absolute Gasteiger partial charge is 0.228 e. The molecule has 25 heavy (non-hydrogen) atoms. The molecule has 0 atom stereocenters. The minimum Gasteiger partial charge on any atom is -0.497 e. The van der Waals surface area contributed by atoms with E-state index >= 15 is 0 Å². The van der Waals surface area contributed by atoms with Gasteiger partial charge in [0.25, 0.3) is 0 Å². The van der Waals surface area contributed by atoms with Gasteiger partial charge in [-0.15, -0.1) is 0 Å². The van der Waals surface area contributed by atoms with E-state index < -0.39 is 0 Å². The van der Waals surface area contributed by atoms with Crippen molar-refractivity contribution >= 4 is 11.7 Å². The first-order valence-electron chi connectivity index (χ1n) is 8.66. The van der Waals surface area contributed by atoms with Gasteiger partial charge in [0.05, 0.1) is 14.2 Å². The SMILES string of the molecule is CCC(CC)C(=O)Nc1cc(CCc2cc(OC)cc(OC)c2)[nH]n1. The molecule has 6 nitrogen and oxygen atoms in total. The number of nitrogens with zero attached hydrogens (tertiary/aromatic N) is 1. The molecule has 0 aliphatic carbocycles. The second kappa shape index (κ2) is 9.11. The molecule has 0 aliphatic rings. The molecule has 2 N–H and O–H groups in total. The Balaban J connectivity index is 1.96. The van der Waals surface area contributed by atoms with Crippen LogP contribution in [0.25, 0.3) is 0 Å². The van der Waals surface area contributed by atoms with Gasteiger partial charge in [0, 0.05) is 23.7 Å². The molecule has 0 saturated heterocycles. The van der Waals surface area contributed by atoms with E-state index in [1.54, 1.807) is 14.2 Å². The Bertz CT molecular complexity index is 671. The van der Waals surface area contributed by atoms with Gasteiger partial charge in [-0.2, -0.15) is 5.10 Å². The number of benzene rings is 1. The lowest BCUT2D eigenvalue weighted by Gasteiger charge is -2.10. The number of rotatable bonds is 9. The van der Waals surface area contributed by atoms with Crippen LogP contribution >= 0.6 is 0 Å². The Morgan fingerprint density at radius 2 is 1.72 bits per heavy atom. The van der Waals surface area contributed by atoms with Crippen LogP contribution in [-0.2, 0) is 17.6 Å². The molecule has 136 valence electrons. The molecule has 6 heteroatoms. The Labute approximate surface area is 148 Å². The van der Waals surface area contributed by atoms with Gasteiger partial charge in [0.1, 0.15) is 11.5 Å². The molecule has 0 bridgehead atoms. The zero-order valence-electron chi connectivity index (χ0n) is 15.4. The zero-order valence-corrected chi connectivity index (χ0v) is 15.4. The fourth-order valence-electron chi connectivity index (χ4n) is 2.73. The number of anilines is 1. The molecule has 0 saturated carbocycles. The Morgan fingerprint density at radius 3 is 2.28 bits per heavy atom. The summed E-state index contributed by atoms with van der Waals surface area (Å²) in [7, 11) is 3.28. The summed E-state index contributed by atoms with van der Waals surface area (Å²) in [4.78, 5) is 12.1. The first-order valence-corrected chi connectivity index (χ1v) is 8.66. The maximum atomic E-state index is 12.1. The first kappa shape index (κ1) is 18.8. The lowest BCUT2D eigenvalue weighted by molar-refractivity contribution is -0.120. The molecule has 1 aromatic heterocycles. The van der Waals surface area contributed by atoms with Crippen molar-refractivity contribution in [3.8, 4) is 11.5 Å². The van der Waals surface area contributed by atoms with Crippen LogP contribution < -0.4 is 14.8 Å². The predicted molar refractivity (Wildman–Crippen MR) is 98.2 cm³/mol. The van der Waals surface area contributed by atoms with Gasteiger partial charge in [-0.3, -0.25) is 9.89 Å². The minimum absolute atomic E-state index is 0.0283. The average molecular weight is 345 g/mol. The number of hydrogen-bond donors (Lipinski definition) is 2. The molecule has 2 aromatic rings. The molecule has 0 fully saturated rings. The topological polar surface area (TPSA) is 76.2 Å². The largest absolute Gasteiger partial charge is 0.497 e. The summed E-state index contributed by atoms with van der Waals surface area (Å²) >= 11 is 0. The molecule has 1 heterocycles. The van der Waals surface area contributed by atoms with Gasteiger partial charge in [0.2, 0.25) is 5.91 Å². The fraction of sp³-hybridized carbons (Fsp3) is 0.474. The van der Waals surface area contributed by atoms with Crippen molar-refractivity contribution in [2.45, 2.75) is 39.5 Å². The van der Waals surface area contributed by atoms with E-state index in [4.69, 9.17) is 9.47 Å². The van der Waals surface area contributed by atoms with Crippen LogP contribution in [-0.4, -0.2) is 30.3 Å². The van der Waals surface area contributed by atoms with Crippen LogP contribution in [0.3, 0.4) is 0 Å². The van der Waals surface area contributed by atoms with E-state index in [-0.39, 0.29) is 11.8 Å². The molecule has 1 amide bonds. The summed E-state index contributed by atoms with van der Waals surface area (Å²) in [6.45, 7) is 4.04. The van der Waals surface area contributed by atoms with E-state index in [1.807, 2.05) is 38.1 Å². The van der Waals surface area contributed by atoms with E-state index in [0.717, 1.165) is 48.4 Å². The van der Waals surface area contributed by atoms with Crippen LogP contribution in [0.5, 0.6) is 11.5 Å². The van der Waals surface area contributed by atoms with E-state index in [1.165, 1.54) is 0 Å². The van der Waals surface area contributed by atoms with Crippen molar-refractivity contribution < 1.29 is 14.3 Å². The second-order valence-electron chi connectivity index (χ2n) is 6.00. The maximum Gasteiger partial charge on any atom is 0.228 e. The van der Waals surface area contributed by atoms with Crippen molar-refractivity contribution in [2.24, 2.45) is 5.92 Å². The second-order valence-corrected chi connectivity index (χ2v) is 6.00. The normalized spacial score (nSPS) is 10.8. The van der Waals surface area contributed by atoms with Crippen molar-refractivity contribution in [3.63, 3.8) is 0 Å². The van der Waals surface area contributed by atoms with Gasteiger partial charge < -0.3 is 14.8 Å². The number of H-pyrrole nitrogens is 1. The third kappa shape index (κ3) is 5.24. The van der Waals surface area contributed by atoms with E-state index in [2.05, 4.69) is 15.5 Å². The lowest BCUT2D eigenvalue weighted by atomic mass is 10.0. The van der Waals surface area contributed by atoms with Crippen LogP contribution in [0.1, 0.15) is 37.9 Å². The Hall–Kier alpha value is -2.50. The molecule has 2 rings (SSSR count). The molecular formula is C19H27N3O3. The highest BCUT2D eigenvalue weighted by Crippen LogP contribution is 2.23. The van der Waals surface area contributed by atoms with Gasteiger partial charge in [-0.05, 0) is 43.4 Å². The summed E-state index contributed by atoms with van der Waals surface area (Å²) in [5.74, 6) is 2.19. The predicted octanol–water partition coefficient (Wildman–Crippen LogP) is 3.59. The number of aryl methyl sites for hydroxylation is 2. The molecule has 0 radical (unpaired) electrons. The number of carbonyl (C=O) groups excluding carboxylic acids is 1. The molecule has 1 aromatic carbocycles. The van der Waals surface area contributed by atoms with Crippen molar-refractivity contribution in [2.75, 3.05) is 19.5 Å². The summed E-state index contributed by atoms with van der Waals surface area (Å²) in [5, 5.41) is 10.0. The summed E-state index contributed by atoms with van der Waals surface area (Å²) in [5.41, 5.74) is 2.09. The Kier molecular flexibility index (Phi) is 6.86. The van der Waals surface area contributed by atoms with Crippen LogP contribution in [0, 0.1) is 5.92 Å². The van der Waals surface area contributed by atoms with Crippen molar-refractivity contribution in [3.05, 3.63) is 35.5 Å². The third-order valence-electron chi connectivity index (χ3n) is 4.33. The number of methoxy groups -OCH3 is 2. The number of aromatic nitrogens is 2. The number of amides is 1. The van der Waals surface area contributed by atoms with Gasteiger partial charge in [-0.25, -0.2) is 0 Å². The molecular weight excluding hydrogens is 318 g/mol. The van der Waals surface area contributed by atoms with Gasteiger partial charge in [0.15, 0.2) is 5.82 Å². The zero-order chi connectivity index (χ0) is 18.2. The highest BCUT2D eigenvalue weighted by Gasteiger charge is 2.15. The first-order chi connectivity index (χ1) is 12.1. The molecule has 0 aliphatic heterocycles. The molecule has 0 spiro atoms. The number of ether oxygens (including phenoxy) is 2. The highest BCUT2D eigenvalue weighted by molar-refractivity contribution is 5.91.